The highest BCUT2D eigenvalue weighted by Gasteiger charge is 2.05. The van der Waals surface area contributed by atoms with E-state index in [-0.39, 0.29) is 5.91 Å². The fourth-order valence-electron chi connectivity index (χ4n) is 2.46. The van der Waals surface area contributed by atoms with Crippen molar-refractivity contribution in [2.45, 2.75) is 13.3 Å². The third-order valence-electron chi connectivity index (χ3n) is 3.68. The standard InChI is InChI=1S/C20H17BrN2O/c1-14-12-17(10-11-22-14)16-4-8-19(9-5-16)23-20(24)13-15-2-6-18(21)7-3-15/h2-12H,13H2,1H3,(H,23,24). The molecule has 0 spiro atoms. The first kappa shape index (κ1) is 16.4. The van der Waals surface area contributed by atoms with Crippen LogP contribution in [0.5, 0.6) is 0 Å². The van der Waals surface area contributed by atoms with Crippen LogP contribution < -0.4 is 5.32 Å². The zero-order chi connectivity index (χ0) is 16.9. The topological polar surface area (TPSA) is 42.0 Å². The van der Waals surface area contributed by atoms with Gasteiger partial charge in [0, 0.05) is 22.1 Å². The monoisotopic (exact) mass is 380 g/mol. The fourth-order valence-corrected chi connectivity index (χ4v) is 2.73. The van der Waals surface area contributed by atoms with E-state index in [1.54, 1.807) is 6.20 Å². The normalized spacial score (nSPS) is 10.4. The minimum atomic E-state index is -0.0233. The molecule has 1 N–H and O–H groups in total. The first-order valence-corrected chi connectivity index (χ1v) is 8.47. The Balaban J connectivity index is 1.65. The van der Waals surface area contributed by atoms with Crippen LogP contribution in [0.2, 0.25) is 0 Å². The molecule has 0 aliphatic rings. The zero-order valence-electron chi connectivity index (χ0n) is 13.3. The number of anilines is 1. The van der Waals surface area contributed by atoms with Crippen molar-refractivity contribution in [3.05, 3.63) is 82.6 Å². The molecule has 0 atom stereocenters. The highest BCUT2D eigenvalue weighted by atomic mass is 79.9. The smallest absolute Gasteiger partial charge is 0.228 e. The number of benzene rings is 2. The Bertz CT molecular complexity index is 842. The molecule has 3 nitrogen and oxygen atoms in total. The van der Waals surface area contributed by atoms with E-state index >= 15 is 0 Å². The van der Waals surface area contributed by atoms with Crippen LogP contribution in [0, 0.1) is 6.92 Å². The Morgan fingerprint density at radius 1 is 1.00 bits per heavy atom. The summed E-state index contributed by atoms with van der Waals surface area (Å²) in [6.07, 6.45) is 2.16. The fraction of sp³-hybridized carbons (Fsp3) is 0.100. The van der Waals surface area contributed by atoms with Gasteiger partial charge < -0.3 is 5.32 Å². The number of aromatic nitrogens is 1. The summed E-state index contributed by atoms with van der Waals surface area (Å²) in [5.41, 5.74) is 4.99. The van der Waals surface area contributed by atoms with E-state index in [0.29, 0.717) is 6.42 Å². The lowest BCUT2D eigenvalue weighted by Gasteiger charge is -2.07. The quantitative estimate of drug-likeness (QED) is 0.691. The lowest BCUT2D eigenvalue weighted by Crippen LogP contribution is -2.14. The van der Waals surface area contributed by atoms with Crippen molar-refractivity contribution in [2.24, 2.45) is 0 Å². The van der Waals surface area contributed by atoms with Gasteiger partial charge in [-0.3, -0.25) is 9.78 Å². The molecule has 0 fully saturated rings. The molecule has 24 heavy (non-hydrogen) atoms. The SMILES string of the molecule is Cc1cc(-c2ccc(NC(=O)Cc3ccc(Br)cc3)cc2)ccn1. The molecule has 0 saturated heterocycles. The van der Waals surface area contributed by atoms with Crippen molar-refractivity contribution in [1.29, 1.82) is 0 Å². The Labute approximate surface area is 149 Å². The molecule has 0 aliphatic heterocycles. The van der Waals surface area contributed by atoms with E-state index in [1.165, 1.54) is 0 Å². The summed E-state index contributed by atoms with van der Waals surface area (Å²) < 4.78 is 1.01. The number of nitrogens with one attached hydrogen (secondary N) is 1. The van der Waals surface area contributed by atoms with Gasteiger partial charge in [-0.1, -0.05) is 40.2 Å². The molecule has 0 saturated carbocycles. The summed E-state index contributed by atoms with van der Waals surface area (Å²) in [7, 11) is 0. The van der Waals surface area contributed by atoms with Crippen LogP contribution >= 0.6 is 15.9 Å². The first-order valence-electron chi connectivity index (χ1n) is 7.67. The summed E-state index contributed by atoms with van der Waals surface area (Å²) in [6, 6.07) is 19.6. The summed E-state index contributed by atoms with van der Waals surface area (Å²) in [6.45, 7) is 1.97. The molecule has 4 heteroatoms. The molecular weight excluding hydrogens is 364 g/mol. The van der Waals surface area contributed by atoms with Crippen molar-refractivity contribution in [1.82, 2.24) is 4.98 Å². The first-order chi connectivity index (χ1) is 11.6. The minimum Gasteiger partial charge on any atom is -0.326 e. The second-order valence-corrected chi connectivity index (χ2v) is 6.53. The molecule has 0 radical (unpaired) electrons. The highest BCUT2D eigenvalue weighted by molar-refractivity contribution is 9.10. The van der Waals surface area contributed by atoms with E-state index in [1.807, 2.05) is 67.6 Å². The lowest BCUT2D eigenvalue weighted by molar-refractivity contribution is -0.115. The summed E-state index contributed by atoms with van der Waals surface area (Å²) in [5, 5.41) is 2.93. The number of hydrogen-bond acceptors (Lipinski definition) is 2. The molecule has 3 aromatic rings. The van der Waals surface area contributed by atoms with Crippen molar-refractivity contribution >= 4 is 27.5 Å². The van der Waals surface area contributed by atoms with Gasteiger partial charge in [0.2, 0.25) is 5.91 Å². The molecule has 0 aliphatic carbocycles. The number of amides is 1. The van der Waals surface area contributed by atoms with E-state index in [2.05, 4.69) is 26.2 Å². The lowest BCUT2D eigenvalue weighted by atomic mass is 10.1. The van der Waals surface area contributed by atoms with Crippen LogP contribution in [-0.4, -0.2) is 10.9 Å². The summed E-state index contributed by atoms with van der Waals surface area (Å²) in [4.78, 5) is 16.3. The molecule has 2 aromatic carbocycles. The van der Waals surface area contributed by atoms with Crippen molar-refractivity contribution in [2.75, 3.05) is 5.32 Å². The molecule has 0 bridgehead atoms. The molecule has 1 aromatic heterocycles. The molecule has 0 unspecified atom stereocenters. The van der Waals surface area contributed by atoms with E-state index < -0.39 is 0 Å². The maximum absolute atomic E-state index is 12.1. The van der Waals surface area contributed by atoms with Crippen LogP contribution in [0.1, 0.15) is 11.3 Å². The number of hydrogen-bond donors (Lipinski definition) is 1. The number of carbonyl (C=O) groups is 1. The van der Waals surface area contributed by atoms with Crippen molar-refractivity contribution in [3.63, 3.8) is 0 Å². The van der Waals surface area contributed by atoms with Crippen LogP contribution in [0.15, 0.2) is 71.3 Å². The van der Waals surface area contributed by atoms with E-state index in [4.69, 9.17) is 0 Å². The van der Waals surface area contributed by atoms with E-state index in [9.17, 15) is 4.79 Å². The maximum Gasteiger partial charge on any atom is 0.228 e. The van der Waals surface area contributed by atoms with Crippen LogP contribution in [-0.2, 0) is 11.2 Å². The van der Waals surface area contributed by atoms with Gasteiger partial charge in [-0.15, -0.1) is 0 Å². The second-order valence-electron chi connectivity index (χ2n) is 5.61. The maximum atomic E-state index is 12.1. The van der Waals surface area contributed by atoms with E-state index in [0.717, 1.165) is 32.5 Å². The number of aryl methyl sites for hydroxylation is 1. The summed E-state index contributed by atoms with van der Waals surface area (Å²) in [5.74, 6) is -0.0233. The average Bonchev–Trinajstić information content (AvgIpc) is 2.58. The molecule has 1 heterocycles. The van der Waals surface area contributed by atoms with Crippen molar-refractivity contribution in [3.8, 4) is 11.1 Å². The van der Waals surface area contributed by atoms with Gasteiger partial charge >= 0.3 is 0 Å². The summed E-state index contributed by atoms with van der Waals surface area (Å²) >= 11 is 3.39. The number of pyridine rings is 1. The van der Waals surface area contributed by atoms with Gasteiger partial charge in [-0.25, -0.2) is 0 Å². The number of carbonyl (C=O) groups excluding carboxylic acids is 1. The number of nitrogens with zero attached hydrogens (tertiary/aromatic N) is 1. The molecule has 3 rings (SSSR count). The van der Waals surface area contributed by atoms with Crippen LogP contribution in [0.25, 0.3) is 11.1 Å². The molecule has 120 valence electrons. The van der Waals surface area contributed by atoms with Gasteiger partial charge in [-0.2, -0.15) is 0 Å². The van der Waals surface area contributed by atoms with Crippen molar-refractivity contribution < 1.29 is 4.79 Å². The average molecular weight is 381 g/mol. The Hall–Kier alpha value is -2.46. The van der Waals surface area contributed by atoms with Gasteiger partial charge in [0.25, 0.3) is 0 Å². The molecule has 1 amide bonds. The zero-order valence-corrected chi connectivity index (χ0v) is 14.9. The van der Waals surface area contributed by atoms with Crippen LogP contribution in [0.4, 0.5) is 5.69 Å². The predicted molar refractivity (Wildman–Crippen MR) is 101 cm³/mol. The van der Waals surface area contributed by atoms with Gasteiger partial charge in [-0.05, 0) is 60.0 Å². The third-order valence-corrected chi connectivity index (χ3v) is 4.21. The van der Waals surface area contributed by atoms with Gasteiger partial charge in [0.1, 0.15) is 0 Å². The largest absolute Gasteiger partial charge is 0.326 e. The minimum absolute atomic E-state index is 0.0233. The van der Waals surface area contributed by atoms with Gasteiger partial charge in [0.05, 0.1) is 6.42 Å². The Morgan fingerprint density at radius 3 is 2.38 bits per heavy atom. The molecular formula is C20H17BrN2O. The second kappa shape index (κ2) is 7.41. The third kappa shape index (κ3) is 4.30. The van der Waals surface area contributed by atoms with Gasteiger partial charge in [0.15, 0.2) is 0 Å². The predicted octanol–water partition coefficient (Wildman–Crippen LogP) is 5.00. The number of halogens is 1. The van der Waals surface area contributed by atoms with Crippen LogP contribution in [0.3, 0.4) is 0 Å². The Kier molecular flexibility index (Phi) is 5.06. The number of rotatable bonds is 4. The Morgan fingerprint density at radius 2 is 1.71 bits per heavy atom. The highest BCUT2D eigenvalue weighted by Crippen LogP contribution is 2.21.